The highest BCUT2D eigenvalue weighted by Gasteiger charge is 2.24. The van der Waals surface area contributed by atoms with Crippen LogP contribution in [0.5, 0.6) is 0 Å². The largest absolute Gasteiger partial charge is 0.349 e. The van der Waals surface area contributed by atoms with E-state index in [2.05, 4.69) is 32.0 Å². The summed E-state index contributed by atoms with van der Waals surface area (Å²) in [5.74, 6) is 1.61. The summed E-state index contributed by atoms with van der Waals surface area (Å²) in [5, 5.41) is 6.99. The van der Waals surface area contributed by atoms with Crippen LogP contribution in [0.25, 0.3) is 0 Å². The van der Waals surface area contributed by atoms with E-state index < -0.39 is 0 Å². The van der Waals surface area contributed by atoms with Gasteiger partial charge in [-0.1, -0.05) is 19.8 Å². The summed E-state index contributed by atoms with van der Waals surface area (Å²) in [4.78, 5) is 11.9. The van der Waals surface area contributed by atoms with Crippen LogP contribution < -0.4 is 5.32 Å². The fraction of sp³-hybridized carbons (Fsp3) is 0.562. The van der Waals surface area contributed by atoms with Gasteiger partial charge in [-0.05, 0) is 43.0 Å². The number of hydrogen-bond donors (Lipinski definition) is 1. The highest BCUT2D eigenvalue weighted by molar-refractivity contribution is 7.08. The first kappa shape index (κ1) is 15.8. The molecule has 104 valence electrons. The smallest absolute Gasteiger partial charge is 0.252 e. The van der Waals surface area contributed by atoms with Crippen LogP contribution in [-0.2, 0) is 0 Å². The van der Waals surface area contributed by atoms with Gasteiger partial charge >= 0.3 is 0 Å². The quantitative estimate of drug-likeness (QED) is 0.833. The number of amides is 1. The molecule has 1 N–H and O–H groups in total. The predicted molar refractivity (Wildman–Crippen MR) is 82.3 cm³/mol. The Morgan fingerprint density at radius 2 is 2.00 bits per heavy atom. The molecule has 0 aliphatic heterocycles. The average Bonchev–Trinajstić information content (AvgIpc) is 2.95. The molecule has 1 saturated carbocycles. The molecule has 2 nitrogen and oxygen atoms in total. The van der Waals surface area contributed by atoms with Gasteiger partial charge in [-0.2, -0.15) is 11.3 Å². The first-order chi connectivity index (χ1) is 9.16. The summed E-state index contributed by atoms with van der Waals surface area (Å²) in [6.07, 6.45) is 13.1. The van der Waals surface area contributed by atoms with Crippen molar-refractivity contribution in [3.05, 3.63) is 22.4 Å². The fourth-order valence-corrected chi connectivity index (χ4v) is 3.22. The highest BCUT2D eigenvalue weighted by Crippen LogP contribution is 2.30. The number of carbonyl (C=O) groups excluding carboxylic acids is 1. The minimum Gasteiger partial charge on any atom is -0.349 e. The molecule has 1 aromatic heterocycles. The van der Waals surface area contributed by atoms with Crippen LogP contribution in [-0.4, -0.2) is 11.9 Å². The summed E-state index contributed by atoms with van der Waals surface area (Å²) < 4.78 is 0. The molecule has 1 amide bonds. The second kappa shape index (κ2) is 8.01. The van der Waals surface area contributed by atoms with E-state index in [0.717, 1.165) is 11.5 Å². The molecule has 0 radical (unpaired) electrons. The SMILES string of the molecule is C#C.CC1CCC(C(C)NC(=O)c2ccsc2)CC1. The lowest BCUT2D eigenvalue weighted by Gasteiger charge is -2.31. The topological polar surface area (TPSA) is 29.1 Å². The maximum Gasteiger partial charge on any atom is 0.252 e. The van der Waals surface area contributed by atoms with Crippen molar-refractivity contribution >= 4 is 17.2 Å². The Kier molecular flexibility index (Phi) is 6.66. The summed E-state index contributed by atoms with van der Waals surface area (Å²) in [6.45, 7) is 4.47. The van der Waals surface area contributed by atoms with Crippen molar-refractivity contribution in [1.29, 1.82) is 0 Å². The number of carbonyl (C=O) groups is 1. The third kappa shape index (κ3) is 4.72. The van der Waals surface area contributed by atoms with E-state index in [9.17, 15) is 4.79 Å². The van der Waals surface area contributed by atoms with E-state index in [4.69, 9.17) is 0 Å². The number of terminal acetylenes is 1. The van der Waals surface area contributed by atoms with Crippen molar-refractivity contribution in [2.24, 2.45) is 11.8 Å². The molecule has 1 aromatic rings. The van der Waals surface area contributed by atoms with Crippen LogP contribution in [0.15, 0.2) is 16.8 Å². The van der Waals surface area contributed by atoms with Crippen LogP contribution in [0.3, 0.4) is 0 Å². The van der Waals surface area contributed by atoms with Crippen molar-refractivity contribution in [3.8, 4) is 12.8 Å². The molecule has 1 aliphatic rings. The molecule has 3 heteroatoms. The first-order valence-electron chi connectivity index (χ1n) is 6.83. The van der Waals surface area contributed by atoms with Gasteiger partial charge < -0.3 is 5.32 Å². The Morgan fingerprint density at radius 1 is 1.37 bits per heavy atom. The molecule has 0 saturated heterocycles. The van der Waals surface area contributed by atoms with Crippen LogP contribution in [0.4, 0.5) is 0 Å². The molecule has 1 unspecified atom stereocenters. The van der Waals surface area contributed by atoms with Gasteiger partial charge in [0.25, 0.3) is 5.91 Å². The molecule has 2 rings (SSSR count). The molecular formula is C16H23NOS. The number of rotatable bonds is 3. The molecule has 0 aromatic carbocycles. The Morgan fingerprint density at radius 3 is 2.53 bits per heavy atom. The van der Waals surface area contributed by atoms with Gasteiger partial charge in [0, 0.05) is 17.0 Å². The zero-order valence-corrected chi connectivity index (χ0v) is 12.6. The van der Waals surface area contributed by atoms with Crippen molar-refractivity contribution < 1.29 is 4.79 Å². The van der Waals surface area contributed by atoms with Gasteiger partial charge in [-0.15, -0.1) is 12.8 Å². The maximum atomic E-state index is 11.9. The highest BCUT2D eigenvalue weighted by atomic mass is 32.1. The van der Waals surface area contributed by atoms with E-state index in [1.807, 2.05) is 16.8 Å². The molecule has 1 fully saturated rings. The van der Waals surface area contributed by atoms with Crippen LogP contribution >= 0.6 is 11.3 Å². The summed E-state index contributed by atoms with van der Waals surface area (Å²) >= 11 is 1.57. The Hall–Kier alpha value is -1.27. The van der Waals surface area contributed by atoms with Crippen LogP contribution in [0, 0.1) is 24.7 Å². The lowest BCUT2D eigenvalue weighted by molar-refractivity contribution is 0.0916. The minimum absolute atomic E-state index is 0.0809. The molecule has 0 bridgehead atoms. The van der Waals surface area contributed by atoms with Crippen molar-refractivity contribution in [3.63, 3.8) is 0 Å². The van der Waals surface area contributed by atoms with Gasteiger partial charge in [0.15, 0.2) is 0 Å². The summed E-state index contributed by atoms with van der Waals surface area (Å²) in [6, 6.07) is 2.19. The summed E-state index contributed by atoms with van der Waals surface area (Å²) in [7, 11) is 0. The molecule has 1 aliphatic carbocycles. The molecule has 0 spiro atoms. The Balaban J connectivity index is 0.000000861. The molecule has 19 heavy (non-hydrogen) atoms. The van der Waals surface area contributed by atoms with Gasteiger partial charge in [-0.25, -0.2) is 0 Å². The van der Waals surface area contributed by atoms with Crippen molar-refractivity contribution in [2.75, 3.05) is 0 Å². The second-order valence-electron chi connectivity index (χ2n) is 5.29. The van der Waals surface area contributed by atoms with Crippen molar-refractivity contribution in [2.45, 2.75) is 45.6 Å². The number of thiophene rings is 1. The third-order valence-corrected chi connectivity index (χ3v) is 4.59. The number of nitrogens with one attached hydrogen (secondary N) is 1. The Labute approximate surface area is 120 Å². The number of hydrogen-bond acceptors (Lipinski definition) is 2. The predicted octanol–water partition coefficient (Wildman–Crippen LogP) is 3.94. The van der Waals surface area contributed by atoms with E-state index in [-0.39, 0.29) is 5.91 Å². The van der Waals surface area contributed by atoms with Gasteiger partial charge in [0.05, 0.1) is 0 Å². The molecule has 1 atom stereocenters. The van der Waals surface area contributed by atoms with Crippen molar-refractivity contribution in [1.82, 2.24) is 5.32 Å². The second-order valence-corrected chi connectivity index (χ2v) is 6.07. The third-order valence-electron chi connectivity index (χ3n) is 3.91. The summed E-state index contributed by atoms with van der Waals surface area (Å²) in [5.41, 5.74) is 0.797. The lowest BCUT2D eigenvalue weighted by Crippen LogP contribution is -2.39. The first-order valence-corrected chi connectivity index (χ1v) is 7.77. The molecular weight excluding hydrogens is 254 g/mol. The zero-order chi connectivity index (χ0) is 14.3. The van der Waals surface area contributed by atoms with E-state index >= 15 is 0 Å². The standard InChI is InChI=1S/C14H21NOS.C2H2/c1-10-3-5-12(6-4-10)11(2)15-14(16)13-7-8-17-9-13;1-2/h7-12H,3-6H2,1-2H3,(H,15,16);1-2H. The monoisotopic (exact) mass is 277 g/mol. The van der Waals surface area contributed by atoms with E-state index in [0.29, 0.717) is 12.0 Å². The van der Waals surface area contributed by atoms with Crippen LogP contribution in [0.1, 0.15) is 49.9 Å². The molecule has 1 heterocycles. The van der Waals surface area contributed by atoms with Gasteiger partial charge in [0.2, 0.25) is 0 Å². The maximum absolute atomic E-state index is 11.9. The van der Waals surface area contributed by atoms with E-state index in [1.54, 1.807) is 11.3 Å². The lowest BCUT2D eigenvalue weighted by atomic mass is 9.79. The van der Waals surface area contributed by atoms with Crippen LogP contribution in [0.2, 0.25) is 0 Å². The van der Waals surface area contributed by atoms with Gasteiger partial charge in [0.1, 0.15) is 0 Å². The van der Waals surface area contributed by atoms with Gasteiger partial charge in [-0.3, -0.25) is 4.79 Å². The normalized spacial score (nSPS) is 23.8. The minimum atomic E-state index is 0.0809. The zero-order valence-electron chi connectivity index (χ0n) is 11.8. The average molecular weight is 277 g/mol. The Bertz CT molecular complexity index is 388. The fourth-order valence-electron chi connectivity index (χ4n) is 2.59. The van der Waals surface area contributed by atoms with E-state index in [1.165, 1.54) is 25.7 Å².